The van der Waals surface area contributed by atoms with E-state index in [0.717, 1.165) is 27.5 Å². The third kappa shape index (κ3) is 2.03. The first kappa shape index (κ1) is 12.4. The molecule has 98 valence electrons. The molecule has 0 spiro atoms. The van der Waals surface area contributed by atoms with Crippen LogP contribution in [0, 0.1) is 6.92 Å². The molecule has 20 heavy (non-hydrogen) atoms. The highest BCUT2D eigenvalue weighted by Crippen LogP contribution is 2.30. The van der Waals surface area contributed by atoms with Crippen molar-refractivity contribution in [1.82, 2.24) is 4.98 Å². The number of pyridine rings is 1. The van der Waals surface area contributed by atoms with Gasteiger partial charge in [0.1, 0.15) is 0 Å². The Morgan fingerprint density at radius 3 is 2.70 bits per heavy atom. The SMILES string of the molecule is Cc1cc(C(=O)O)ccc1-c1cccc2ccncc12. The zero-order chi connectivity index (χ0) is 14.1. The number of aromatic nitrogens is 1. The molecular weight excluding hydrogens is 250 g/mol. The molecule has 0 fully saturated rings. The predicted molar refractivity (Wildman–Crippen MR) is 78.9 cm³/mol. The van der Waals surface area contributed by atoms with Gasteiger partial charge in [0, 0.05) is 17.8 Å². The van der Waals surface area contributed by atoms with Crippen molar-refractivity contribution in [3.05, 3.63) is 66.0 Å². The third-order valence-corrected chi connectivity index (χ3v) is 3.45. The summed E-state index contributed by atoms with van der Waals surface area (Å²) < 4.78 is 0. The number of aryl methyl sites for hydroxylation is 1. The Morgan fingerprint density at radius 2 is 1.95 bits per heavy atom. The van der Waals surface area contributed by atoms with Crippen LogP contribution in [0.2, 0.25) is 0 Å². The summed E-state index contributed by atoms with van der Waals surface area (Å²) in [6.07, 6.45) is 3.61. The van der Waals surface area contributed by atoms with Crippen molar-refractivity contribution in [2.75, 3.05) is 0 Å². The second-order valence-corrected chi connectivity index (χ2v) is 4.74. The van der Waals surface area contributed by atoms with Gasteiger partial charge < -0.3 is 5.11 Å². The van der Waals surface area contributed by atoms with Crippen molar-refractivity contribution < 1.29 is 9.90 Å². The topological polar surface area (TPSA) is 50.2 Å². The van der Waals surface area contributed by atoms with Gasteiger partial charge in [0.15, 0.2) is 0 Å². The zero-order valence-corrected chi connectivity index (χ0v) is 11.0. The highest BCUT2D eigenvalue weighted by Gasteiger charge is 2.09. The maximum Gasteiger partial charge on any atom is 0.335 e. The van der Waals surface area contributed by atoms with Crippen LogP contribution in [-0.2, 0) is 0 Å². The van der Waals surface area contributed by atoms with Crippen molar-refractivity contribution in [3.63, 3.8) is 0 Å². The molecule has 3 aromatic rings. The Labute approximate surface area is 116 Å². The van der Waals surface area contributed by atoms with Gasteiger partial charge >= 0.3 is 5.97 Å². The number of rotatable bonds is 2. The van der Waals surface area contributed by atoms with E-state index >= 15 is 0 Å². The third-order valence-electron chi connectivity index (χ3n) is 3.45. The first-order valence-corrected chi connectivity index (χ1v) is 6.34. The lowest BCUT2D eigenvalue weighted by Crippen LogP contribution is -1.97. The van der Waals surface area contributed by atoms with Crippen molar-refractivity contribution in [3.8, 4) is 11.1 Å². The Kier molecular flexibility index (Phi) is 2.95. The van der Waals surface area contributed by atoms with E-state index in [1.54, 1.807) is 18.3 Å². The molecule has 0 aliphatic heterocycles. The van der Waals surface area contributed by atoms with Gasteiger partial charge in [-0.3, -0.25) is 4.98 Å². The maximum atomic E-state index is 11.0. The Hall–Kier alpha value is -2.68. The summed E-state index contributed by atoms with van der Waals surface area (Å²) in [5.41, 5.74) is 3.37. The summed E-state index contributed by atoms with van der Waals surface area (Å²) in [6, 6.07) is 13.3. The quantitative estimate of drug-likeness (QED) is 0.762. The molecule has 3 rings (SSSR count). The standard InChI is InChI=1S/C17H13NO2/c1-11-9-13(17(19)20)5-6-14(11)15-4-2-3-12-7-8-18-10-16(12)15/h2-10H,1H3,(H,19,20). The maximum absolute atomic E-state index is 11.0. The van der Waals surface area contributed by atoms with Gasteiger partial charge in [0.05, 0.1) is 5.56 Å². The van der Waals surface area contributed by atoms with Crippen LogP contribution in [0.25, 0.3) is 21.9 Å². The Bertz CT molecular complexity index is 804. The number of carbonyl (C=O) groups is 1. The number of hydrogen-bond acceptors (Lipinski definition) is 2. The molecule has 1 N–H and O–H groups in total. The largest absolute Gasteiger partial charge is 0.478 e. The summed E-state index contributed by atoms with van der Waals surface area (Å²) >= 11 is 0. The average Bonchev–Trinajstić information content (AvgIpc) is 2.46. The van der Waals surface area contributed by atoms with E-state index < -0.39 is 5.97 Å². The van der Waals surface area contributed by atoms with E-state index in [1.807, 2.05) is 43.5 Å². The Balaban J connectivity index is 2.23. The number of nitrogens with zero attached hydrogens (tertiary/aromatic N) is 1. The van der Waals surface area contributed by atoms with Gasteiger partial charge in [-0.1, -0.05) is 24.3 Å². The molecule has 1 heterocycles. The summed E-state index contributed by atoms with van der Waals surface area (Å²) in [4.78, 5) is 15.2. The lowest BCUT2D eigenvalue weighted by atomic mass is 9.95. The van der Waals surface area contributed by atoms with Crippen molar-refractivity contribution >= 4 is 16.7 Å². The summed E-state index contributed by atoms with van der Waals surface area (Å²) in [7, 11) is 0. The van der Waals surface area contributed by atoms with Crippen LogP contribution >= 0.6 is 0 Å². The van der Waals surface area contributed by atoms with Gasteiger partial charge in [-0.25, -0.2) is 4.79 Å². The normalized spacial score (nSPS) is 10.7. The fourth-order valence-corrected chi connectivity index (χ4v) is 2.45. The first-order chi connectivity index (χ1) is 9.66. The average molecular weight is 263 g/mol. The molecule has 0 radical (unpaired) electrons. The van der Waals surface area contributed by atoms with Crippen LogP contribution in [0.5, 0.6) is 0 Å². The van der Waals surface area contributed by atoms with E-state index in [2.05, 4.69) is 4.98 Å². The molecule has 0 bridgehead atoms. The number of benzene rings is 2. The molecule has 0 aliphatic rings. The molecule has 1 aromatic heterocycles. The first-order valence-electron chi connectivity index (χ1n) is 6.34. The lowest BCUT2D eigenvalue weighted by molar-refractivity contribution is 0.0697. The predicted octanol–water partition coefficient (Wildman–Crippen LogP) is 3.91. The molecule has 3 heteroatoms. The molecule has 0 saturated carbocycles. The molecule has 3 nitrogen and oxygen atoms in total. The highest BCUT2D eigenvalue weighted by atomic mass is 16.4. The van der Waals surface area contributed by atoms with Crippen molar-refractivity contribution in [2.45, 2.75) is 6.92 Å². The molecule has 0 unspecified atom stereocenters. The molecule has 2 aromatic carbocycles. The summed E-state index contributed by atoms with van der Waals surface area (Å²) in [5, 5.41) is 11.2. The van der Waals surface area contributed by atoms with E-state index in [9.17, 15) is 4.79 Å². The molecule has 0 amide bonds. The van der Waals surface area contributed by atoms with Crippen LogP contribution in [0.3, 0.4) is 0 Å². The highest BCUT2D eigenvalue weighted by molar-refractivity contribution is 5.97. The van der Waals surface area contributed by atoms with E-state index in [0.29, 0.717) is 5.56 Å². The van der Waals surface area contributed by atoms with E-state index in [-0.39, 0.29) is 0 Å². The van der Waals surface area contributed by atoms with Crippen LogP contribution in [0.4, 0.5) is 0 Å². The van der Waals surface area contributed by atoms with Crippen LogP contribution in [0.1, 0.15) is 15.9 Å². The molecule has 0 aliphatic carbocycles. The molecular formula is C17H13NO2. The minimum absolute atomic E-state index is 0.310. The number of aromatic carboxylic acids is 1. The molecule has 0 saturated heterocycles. The van der Waals surface area contributed by atoms with Crippen molar-refractivity contribution in [2.24, 2.45) is 0 Å². The summed E-state index contributed by atoms with van der Waals surface area (Å²) in [5.74, 6) is -0.903. The number of fused-ring (bicyclic) bond motifs is 1. The summed E-state index contributed by atoms with van der Waals surface area (Å²) in [6.45, 7) is 1.93. The van der Waals surface area contributed by atoms with E-state index in [1.165, 1.54) is 0 Å². The second-order valence-electron chi connectivity index (χ2n) is 4.74. The van der Waals surface area contributed by atoms with Gasteiger partial charge in [-0.2, -0.15) is 0 Å². The van der Waals surface area contributed by atoms with E-state index in [4.69, 9.17) is 5.11 Å². The minimum Gasteiger partial charge on any atom is -0.478 e. The number of carboxylic acid groups (broad SMARTS) is 1. The van der Waals surface area contributed by atoms with Gasteiger partial charge in [0.25, 0.3) is 0 Å². The fraction of sp³-hybridized carbons (Fsp3) is 0.0588. The zero-order valence-electron chi connectivity index (χ0n) is 11.0. The lowest BCUT2D eigenvalue weighted by Gasteiger charge is -2.10. The minimum atomic E-state index is -0.903. The van der Waals surface area contributed by atoms with Gasteiger partial charge in [0.2, 0.25) is 0 Å². The second kappa shape index (κ2) is 4.78. The van der Waals surface area contributed by atoms with Crippen molar-refractivity contribution in [1.29, 1.82) is 0 Å². The van der Waals surface area contributed by atoms with Gasteiger partial charge in [-0.15, -0.1) is 0 Å². The molecule has 0 atom stereocenters. The van der Waals surface area contributed by atoms with Crippen LogP contribution in [-0.4, -0.2) is 16.1 Å². The van der Waals surface area contributed by atoms with Gasteiger partial charge in [-0.05, 0) is 47.2 Å². The number of carboxylic acids is 1. The fourth-order valence-electron chi connectivity index (χ4n) is 2.45. The van der Waals surface area contributed by atoms with Crippen LogP contribution < -0.4 is 0 Å². The smallest absolute Gasteiger partial charge is 0.335 e. The van der Waals surface area contributed by atoms with Crippen LogP contribution in [0.15, 0.2) is 54.9 Å². The monoisotopic (exact) mass is 263 g/mol. The Morgan fingerprint density at radius 1 is 1.10 bits per heavy atom. The number of hydrogen-bond donors (Lipinski definition) is 1.